The van der Waals surface area contributed by atoms with Gasteiger partial charge < -0.3 is 10.2 Å². The number of anilines is 1. The Morgan fingerprint density at radius 1 is 0.974 bits per heavy atom. The SMILES string of the molecule is C[C@@H](C(=O)NC(C)(C)C)N(Cc1cccc(Br)c1)C(=O)CN(c1cccc(Cl)c1)S(=O)(=O)c1ccccc1. The third-order valence-corrected chi connectivity index (χ3v) is 8.13. The van der Waals surface area contributed by atoms with Crippen molar-refractivity contribution >= 4 is 55.1 Å². The maximum atomic E-state index is 13.9. The molecule has 202 valence electrons. The largest absolute Gasteiger partial charge is 0.350 e. The maximum absolute atomic E-state index is 13.9. The monoisotopic (exact) mass is 619 g/mol. The molecule has 0 saturated heterocycles. The Morgan fingerprint density at radius 3 is 2.24 bits per heavy atom. The minimum atomic E-state index is -4.13. The molecule has 0 aliphatic heterocycles. The number of carbonyl (C=O) groups is 2. The van der Waals surface area contributed by atoms with Crippen LogP contribution in [0.2, 0.25) is 5.02 Å². The number of nitrogens with zero attached hydrogens (tertiary/aromatic N) is 2. The van der Waals surface area contributed by atoms with Crippen LogP contribution in [-0.4, -0.2) is 43.3 Å². The Balaban J connectivity index is 2.03. The van der Waals surface area contributed by atoms with Crippen molar-refractivity contribution in [1.29, 1.82) is 0 Å². The lowest BCUT2D eigenvalue weighted by molar-refractivity contribution is -0.140. The molecule has 0 spiro atoms. The summed E-state index contributed by atoms with van der Waals surface area (Å²) >= 11 is 9.63. The third kappa shape index (κ3) is 7.82. The van der Waals surface area contributed by atoms with Crippen molar-refractivity contribution in [1.82, 2.24) is 10.2 Å². The highest BCUT2D eigenvalue weighted by molar-refractivity contribution is 9.10. The Hall–Kier alpha value is -2.88. The summed E-state index contributed by atoms with van der Waals surface area (Å²) in [6.45, 7) is 6.76. The fourth-order valence-corrected chi connectivity index (χ4v) is 5.83. The Morgan fingerprint density at radius 2 is 1.63 bits per heavy atom. The van der Waals surface area contributed by atoms with Gasteiger partial charge in [-0.2, -0.15) is 0 Å². The summed E-state index contributed by atoms with van der Waals surface area (Å²) in [5.74, 6) is -0.887. The molecule has 3 aromatic rings. The van der Waals surface area contributed by atoms with Crippen LogP contribution in [0.25, 0.3) is 0 Å². The number of benzene rings is 3. The van der Waals surface area contributed by atoms with E-state index in [1.54, 1.807) is 43.3 Å². The molecular weight excluding hydrogens is 590 g/mol. The van der Waals surface area contributed by atoms with Crippen molar-refractivity contribution in [2.45, 2.75) is 50.7 Å². The van der Waals surface area contributed by atoms with E-state index in [0.29, 0.717) is 5.02 Å². The zero-order chi connectivity index (χ0) is 28.1. The zero-order valence-electron chi connectivity index (χ0n) is 21.7. The van der Waals surface area contributed by atoms with E-state index in [9.17, 15) is 18.0 Å². The number of hydrogen-bond acceptors (Lipinski definition) is 4. The van der Waals surface area contributed by atoms with Crippen LogP contribution >= 0.6 is 27.5 Å². The van der Waals surface area contributed by atoms with Gasteiger partial charge in [0, 0.05) is 21.6 Å². The van der Waals surface area contributed by atoms with Crippen LogP contribution in [0.3, 0.4) is 0 Å². The minimum Gasteiger partial charge on any atom is -0.350 e. The smallest absolute Gasteiger partial charge is 0.264 e. The van der Waals surface area contributed by atoms with Crippen molar-refractivity contribution in [3.8, 4) is 0 Å². The number of nitrogens with one attached hydrogen (secondary N) is 1. The second-order valence-corrected chi connectivity index (χ2v) is 13.1. The van der Waals surface area contributed by atoms with Crippen LogP contribution in [0, 0.1) is 0 Å². The molecule has 0 saturated carbocycles. The molecule has 0 unspecified atom stereocenters. The molecule has 10 heteroatoms. The lowest BCUT2D eigenvalue weighted by Gasteiger charge is -2.33. The fourth-order valence-electron chi connectivity index (χ4n) is 3.77. The number of sulfonamides is 1. The molecule has 0 aromatic heterocycles. The van der Waals surface area contributed by atoms with E-state index >= 15 is 0 Å². The molecule has 3 rings (SSSR count). The van der Waals surface area contributed by atoms with E-state index in [4.69, 9.17) is 11.6 Å². The standard InChI is InChI=1S/C28H31BrClN3O4S/c1-20(27(35)31-28(2,3)4)32(18-21-10-8-11-22(29)16-21)26(34)19-33(24-13-9-12-23(30)17-24)38(36,37)25-14-6-5-7-15-25/h5-17,20H,18-19H2,1-4H3,(H,31,35)/t20-/m0/s1. The normalized spacial score (nSPS) is 12.5. The highest BCUT2D eigenvalue weighted by Gasteiger charge is 2.33. The predicted octanol–water partition coefficient (Wildman–Crippen LogP) is 5.63. The molecule has 0 radical (unpaired) electrons. The molecule has 3 aromatic carbocycles. The van der Waals surface area contributed by atoms with Gasteiger partial charge in [-0.05, 0) is 75.7 Å². The molecule has 0 aliphatic carbocycles. The van der Waals surface area contributed by atoms with Crippen LogP contribution in [0.4, 0.5) is 5.69 Å². The van der Waals surface area contributed by atoms with Crippen molar-refractivity contribution in [2.24, 2.45) is 0 Å². The number of carbonyl (C=O) groups excluding carboxylic acids is 2. The van der Waals surface area contributed by atoms with Crippen molar-refractivity contribution in [2.75, 3.05) is 10.8 Å². The van der Waals surface area contributed by atoms with Crippen molar-refractivity contribution < 1.29 is 18.0 Å². The second kappa shape index (κ2) is 12.3. The molecule has 1 N–H and O–H groups in total. The highest BCUT2D eigenvalue weighted by Crippen LogP contribution is 2.27. The van der Waals surface area contributed by atoms with E-state index < -0.39 is 34.1 Å². The van der Waals surface area contributed by atoms with Gasteiger partial charge in [-0.25, -0.2) is 8.42 Å². The third-order valence-electron chi connectivity index (χ3n) is 5.61. The molecule has 38 heavy (non-hydrogen) atoms. The maximum Gasteiger partial charge on any atom is 0.264 e. The van der Waals surface area contributed by atoms with Crippen LogP contribution in [0.5, 0.6) is 0 Å². The van der Waals surface area contributed by atoms with Crippen molar-refractivity contribution in [3.05, 3.63) is 93.9 Å². The average Bonchev–Trinajstić information content (AvgIpc) is 2.84. The van der Waals surface area contributed by atoms with Gasteiger partial charge >= 0.3 is 0 Å². The summed E-state index contributed by atoms with van der Waals surface area (Å²) in [5, 5.41) is 3.23. The molecule has 2 amide bonds. The van der Waals surface area contributed by atoms with Gasteiger partial charge in [0.05, 0.1) is 10.6 Å². The number of halogens is 2. The number of rotatable bonds is 9. The van der Waals surface area contributed by atoms with E-state index in [-0.39, 0.29) is 23.0 Å². The zero-order valence-corrected chi connectivity index (χ0v) is 24.8. The van der Waals surface area contributed by atoms with E-state index in [0.717, 1.165) is 14.3 Å². The van der Waals surface area contributed by atoms with Gasteiger partial charge in [-0.1, -0.05) is 63.9 Å². The van der Waals surface area contributed by atoms with Gasteiger partial charge in [-0.15, -0.1) is 0 Å². The fraction of sp³-hybridized carbons (Fsp3) is 0.286. The van der Waals surface area contributed by atoms with E-state index in [1.807, 2.05) is 45.0 Å². The van der Waals surface area contributed by atoms with Crippen LogP contribution in [0.1, 0.15) is 33.3 Å². The van der Waals surface area contributed by atoms with Gasteiger partial charge in [0.15, 0.2) is 0 Å². The summed E-state index contributed by atoms with van der Waals surface area (Å²) in [7, 11) is -4.13. The lowest BCUT2D eigenvalue weighted by atomic mass is 10.1. The molecule has 0 fully saturated rings. The molecule has 7 nitrogen and oxygen atoms in total. The molecule has 0 bridgehead atoms. The van der Waals surface area contributed by atoms with Crippen molar-refractivity contribution in [3.63, 3.8) is 0 Å². The van der Waals surface area contributed by atoms with Gasteiger partial charge in [-0.3, -0.25) is 13.9 Å². The van der Waals surface area contributed by atoms with E-state index in [2.05, 4.69) is 21.2 Å². The second-order valence-electron chi connectivity index (χ2n) is 9.87. The topological polar surface area (TPSA) is 86.8 Å². The molecular formula is C28H31BrClN3O4S. The number of amides is 2. The van der Waals surface area contributed by atoms with Gasteiger partial charge in [0.2, 0.25) is 11.8 Å². The van der Waals surface area contributed by atoms with Crippen LogP contribution in [-0.2, 0) is 26.2 Å². The minimum absolute atomic E-state index is 0.0323. The first kappa shape index (κ1) is 29.7. The Kier molecular flexibility index (Phi) is 9.62. The average molecular weight is 621 g/mol. The summed E-state index contributed by atoms with van der Waals surface area (Å²) in [4.78, 5) is 28.4. The van der Waals surface area contributed by atoms with Crippen LogP contribution < -0.4 is 9.62 Å². The Labute approximate surface area is 238 Å². The first-order valence-electron chi connectivity index (χ1n) is 12.0. The number of hydrogen-bond donors (Lipinski definition) is 1. The molecule has 1 atom stereocenters. The first-order chi connectivity index (χ1) is 17.8. The van der Waals surface area contributed by atoms with E-state index in [1.165, 1.54) is 23.1 Å². The summed E-state index contributed by atoms with van der Waals surface area (Å²) in [6.07, 6.45) is 0. The molecule has 0 heterocycles. The lowest BCUT2D eigenvalue weighted by Crippen LogP contribution is -2.54. The molecule has 0 aliphatic rings. The summed E-state index contributed by atoms with van der Waals surface area (Å²) in [6, 6.07) is 20.7. The highest BCUT2D eigenvalue weighted by atomic mass is 79.9. The quantitative estimate of drug-likeness (QED) is 0.336. The predicted molar refractivity (Wildman–Crippen MR) is 154 cm³/mol. The Bertz CT molecular complexity index is 1390. The first-order valence-corrected chi connectivity index (χ1v) is 14.6. The van der Waals surface area contributed by atoms with Gasteiger partial charge in [0.25, 0.3) is 10.0 Å². The van der Waals surface area contributed by atoms with Gasteiger partial charge in [0.1, 0.15) is 12.6 Å². The van der Waals surface area contributed by atoms with Crippen LogP contribution in [0.15, 0.2) is 88.2 Å². The summed E-state index contributed by atoms with van der Waals surface area (Å²) < 4.78 is 29.3. The summed E-state index contributed by atoms with van der Waals surface area (Å²) in [5.41, 5.74) is 0.506.